The van der Waals surface area contributed by atoms with Crippen LogP contribution in [0.1, 0.15) is 11.1 Å². The van der Waals surface area contributed by atoms with E-state index in [0.29, 0.717) is 11.3 Å². The molecule has 0 spiro atoms. The Morgan fingerprint density at radius 1 is 0.938 bits per heavy atom. The fourth-order valence-electron chi connectivity index (χ4n) is 1.87. The van der Waals surface area contributed by atoms with E-state index >= 15 is 0 Å². The van der Waals surface area contributed by atoms with Crippen LogP contribution < -0.4 is 5.73 Å². The van der Waals surface area contributed by atoms with Crippen LogP contribution in [0.5, 0.6) is 0 Å². The third-order valence-electron chi connectivity index (χ3n) is 2.66. The highest BCUT2D eigenvalue weighted by molar-refractivity contribution is 5.71. The lowest BCUT2D eigenvalue weighted by molar-refractivity contribution is 0.631. The summed E-state index contributed by atoms with van der Waals surface area (Å²) in [6.45, 7) is 4.00. The normalized spacial score (nSPS) is 10.4. The lowest BCUT2D eigenvalue weighted by atomic mass is 9.98. The van der Waals surface area contributed by atoms with Gasteiger partial charge < -0.3 is 5.73 Å². The van der Waals surface area contributed by atoms with Crippen molar-refractivity contribution in [1.82, 2.24) is 0 Å². The number of nitrogen functional groups attached to an aromatic ring is 1. The molecule has 0 unspecified atom stereocenters. The Morgan fingerprint density at radius 3 is 2.38 bits per heavy atom. The molecule has 82 valence electrons. The first-order valence-corrected chi connectivity index (χ1v) is 5.20. The summed E-state index contributed by atoms with van der Waals surface area (Å²) in [6.07, 6.45) is 0. The summed E-state index contributed by atoms with van der Waals surface area (Å²) in [6, 6.07) is 10.6. The first kappa shape index (κ1) is 10.7. The molecule has 2 heteroatoms. The molecule has 0 atom stereocenters. The topological polar surface area (TPSA) is 26.0 Å². The van der Waals surface area contributed by atoms with Gasteiger partial charge in [-0.15, -0.1) is 0 Å². The molecule has 0 aliphatic carbocycles. The van der Waals surface area contributed by atoms with Crippen molar-refractivity contribution in [2.75, 3.05) is 5.73 Å². The van der Waals surface area contributed by atoms with Gasteiger partial charge in [0.1, 0.15) is 5.82 Å². The fraction of sp³-hybridized carbons (Fsp3) is 0.143. The molecule has 0 aliphatic rings. The summed E-state index contributed by atoms with van der Waals surface area (Å²) in [5.41, 5.74) is 9.96. The molecule has 0 heterocycles. The fourth-order valence-corrected chi connectivity index (χ4v) is 1.87. The molecule has 0 bridgehead atoms. The SMILES string of the molecule is Cc1ccc(-c2cc(N)ccc2F)c(C)c1. The Balaban J connectivity index is 2.62. The number of rotatable bonds is 1. The van der Waals surface area contributed by atoms with Gasteiger partial charge in [-0.2, -0.15) is 0 Å². The summed E-state index contributed by atoms with van der Waals surface area (Å²) < 4.78 is 13.7. The van der Waals surface area contributed by atoms with Gasteiger partial charge in [-0.1, -0.05) is 23.8 Å². The van der Waals surface area contributed by atoms with Crippen molar-refractivity contribution in [3.63, 3.8) is 0 Å². The van der Waals surface area contributed by atoms with E-state index in [1.165, 1.54) is 11.6 Å². The second kappa shape index (κ2) is 3.97. The molecule has 0 radical (unpaired) electrons. The molecule has 0 saturated heterocycles. The summed E-state index contributed by atoms with van der Waals surface area (Å²) in [7, 11) is 0. The predicted octanol–water partition coefficient (Wildman–Crippen LogP) is 3.69. The van der Waals surface area contributed by atoms with E-state index in [1.54, 1.807) is 12.1 Å². The minimum absolute atomic E-state index is 0.235. The quantitative estimate of drug-likeness (QED) is 0.721. The highest BCUT2D eigenvalue weighted by Crippen LogP contribution is 2.28. The van der Waals surface area contributed by atoms with Gasteiger partial charge >= 0.3 is 0 Å². The maximum absolute atomic E-state index is 13.7. The third-order valence-corrected chi connectivity index (χ3v) is 2.66. The van der Waals surface area contributed by atoms with Crippen molar-refractivity contribution in [1.29, 1.82) is 0 Å². The smallest absolute Gasteiger partial charge is 0.131 e. The number of hydrogen-bond acceptors (Lipinski definition) is 1. The van der Waals surface area contributed by atoms with Crippen LogP contribution in [0.4, 0.5) is 10.1 Å². The van der Waals surface area contributed by atoms with E-state index in [4.69, 9.17) is 5.73 Å². The van der Waals surface area contributed by atoms with E-state index in [2.05, 4.69) is 0 Å². The molecule has 0 saturated carbocycles. The van der Waals surface area contributed by atoms with Crippen molar-refractivity contribution < 1.29 is 4.39 Å². The van der Waals surface area contributed by atoms with Crippen LogP contribution in [0, 0.1) is 19.7 Å². The predicted molar refractivity (Wildman–Crippen MR) is 65.7 cm³/mol. The van der Waals surface area contributed by atoms with Gasteiger partial charge in [-0.3, -0.25) is 0 Å². The monoisotopic (exact) mass is 215 g/mol. The minimum Gasteiger partial charge on any atom is -0.399 e. The largest absolute Gasteiger partial charge is 0.399 e. The first-order chi connectivity index (χ1) is 7.58. The summed E-state index contributed by atoms with van der Waals surface area (Å²) in [5, 5.41) is 0. The van der Waals surface area contributed by atoms with Crippen LogP contribution in [0.25, 0.3) is 11.1 Å². The minimum atomic E-state index is -0.235. The number of nitrogens with two attached hydrogens (primary N) is 1. The van der Waals surface area contributed by atoms with Gasteiger partial charge in [0.25, 0.3) is 0 Å². The molecule has 1 nitrogen and oxygen atoms in total. The average Bonchev–Trinajstić information content (AvgIpc) is 2.22. The second-order valence-corrected chi connectivity index (χ2v) is 4.06. The highest BCUT2D eigenvalue weighted by Gasteiger charge is 2.07. The zero-order valence-electron chi connectivity index (χ0n) is 9.42. The zero-order chi connectivity index (χ0) is 11.7. The standard InChI is InChI=1S/C14H14FN/c1-9-3-5-12(10(2)7-9)13-8-11(16)4-6-14(13)15/h3-8H,16H2,1-2H3. The first-order valence-electron chi connectivity index (χ1n) is 5.20. The Labute approximate surface area is 94.7 Å². The number of hydrogen-bond donors (Lipinski definition) is 1. The van der Waals surface area contributed by atoms with E-state index in [1.807, 2.05) is 32.0 Å². The van der Waals surface area contributed by atoms with Crippen molar-refractivity contribution in [2.45, 2.75) is 13.8 Å². The second-order valence-electron chi connectivity index (χ2n) is 4.06. The average molecular weight is 215 g/mol. The van der Waals surface area contributed by atoms with Crippen molar-refractivity contribution in [3.8, 4) is 11.1 Å². The molecule has 2 aromatic carbocycles. The molecule has 16 heavy (non-hydrogen) atoms. The van der Waals surface area contributed by atoms with E-state index < -0.39 is 0 Å². The van der Waals surface area contributed by atoms with Crippen molar-refractivity contribution in [3.05, 3.63) is 53.3 Å². The van der Waals surface area contributed by atoms with E-state index in [-0.39, 0.29) is 5.82 Å². The van der Waals surface area contributed by atoms with Gasteiger partial charge in [0.15, 0.2) is 0 Å². The summed E-state index contributed by atoms with van der Waals surface area (Å²) in [5.74, 6) is -0.235. The summed E-state index contributed by atoms with van der Waals surface area (Å²) in [4.78, 5) is 0. The molecule has 2 N–H and O–H groups in total. The van der Waals surface area contributed by atoms with Gasteiger partial charge in [0.2, 0.25) is 0 Å². The zero-order valence-corrected chi connectivity index (χ0v) is 9.42. The van der Waals surface area contributed by atoms with Gasteiger partial charge in [0.05, 0.1) is 0 Å². The molecule has 2 aromatic rings. The van der Waals surface area contributed by atoms with Gasteiger partial charge in [0, 0.05) is 11.3 Å². The number of halogens is 1. The van der Waals surface area contributed by atoms with E-state index in [9.17, 15) is 4.39 Å². The van der Waals surface area contributed by atoms with Crippen molar-refractivity contribution in [2.24, 2.45) is 0 Å². The highest BCUT2D eigenvalue weighted by atomic mass is 19.1. The lowest BCUT2D eigenvalue weighted by Crippen LogP contribution is -1.91. The molecule has 0 aliphatic heterocycles. The summed E-state index contributed by atoms with van der Waals surface area (Å²) >= 11 is 0. The van der Waals surface area contributed by atoms with Crippen LogP contribution >= 0.6 is 0 Å². The number of aryl methyl sites for hydroxylation is 2. The third kappa shape index (κ3) is 1.91. The van der Waals surface area contributed by atoms with Crippen LogP contribution in [-0.4, -0.2) is 0 Å². The molecule has 0 amide bonds. The van der Waals surface area contributed by atoms with Gasteiger partial charge in [-0.25, -0.2) is 4.39 Å². The van der Waals surface area contributed by atoms with E-state index in [0.717, 1.165) is 11.1 Å². The lowest BCUT2D eigenvalue weighted by Gasteiger charge is -2.09. The maximum atomic E-state index is 13.7. The van der Waals surface area contributed by atoms with Crippen LogP contribution in [0.2, 0.25) is 0 Å². The van der Waals surface area contributed by atoms with Crippen LogP contribution in [-0.2, 0) is 0 Å². The maximum Gasteiger partial charge on any atom is 0.131 e. The Bertz CT molecular complexity index is 532. The molecule has 2 rings (SSSR count). The molecular weight excluding hydrogens is 201 g/mol. The Morgan fingerprint density at radius 2 is 1.69 bits per heavy atom. The van der Waals surface area contributed by atoms with Crippen LogP contribution in [0.3, 0.4) is 0 Å². The van der Waals surface area contributed by atoms with Gasteiger partial charge in [-0.05, 0) is 43.2 Å². The molecule has 0 fully saturated rings. The molecular formula is C14H14FN. The number of anilines is 1. The molecule has 0 aromatic heterocycles. The Hall–Kier alpha value is -1.83. The van der Waals surface area contributed by atoms with Crippen LogP contribution in [0.15, 0.2) is 36.4 Å². The number of benzene rings is 2. The van der Waals surface area contributed by atoms with Crippen molar-refractivity contribution >= 4 is 5.69 Å². The Kier molecular flexibility index (Phi) is 2.65.